The summed E-state index contributed by atoms with van der Waals surface area (Å²) in [6.45, 7) is 1.33. The number of nitrogens with zero attached hydrogens (tertiary/aromatic N) is 3. The number of fused-ring (bicyclic) bond motifs is 1. The van der Waals surface area contributed by atoms with E-state index in [9.17, 15) is 0 Å². The lowest BCUT2D eigenvalue weighted by Crippen LogP contribution is -2.03. The second kappa shape index (κ2) is 4.35. The van der Waals surface area contributed by atoms with Crippen molar-refractivity contribution in [2.45, 2.75) is 6.54 Å². The third-order valence-electron chi connectivity index (χ3n) is 2.08. The van der Waals surface area contributed by atoms with Crippen molar-refractivity contribution in [2.75, 3.05) is 13.7 Å². The number of hydrogen-bond acceptors (Lipinski definition) is 3. The maximum Gasteiger partial charge on any atom is 0.224 e. The lowest BCUT2D eigenvalue weighted by atomic mass is 10.4. The summed E-state index contributed by atoms with van der Waals surface area (Å²) < 4.78 is 6.94. The van der Waals surface area contributed by atoms with Gasteiger partial charge >= 0.3 is 0 Å². The van der Waals surface area contributed by atoms with Gasteiger partial charge in [0.2, 0.25) is 5.28 Å². The summed E-state index contributed by atoms with van der Waals surface area (Å²) in [5, 5.41) is 0.531. The first-order valence-electron chi connectivity index (χ1n) is 4.39. The summed E-state index contributed by atoms with van der Waals surface area (Å²) in [5.74, 6) is 0. The van der Waals surface area contributed by atoms with Crippen LogP contribution in [0.4, 0.5) is 0 Å². The Morgan fingerprint density at radius 1 is 1.40 bits per heavy atom. The highest BCUT2D eigenvalue weighted by Crippen LogP contribution is 2.22. The molecule has 2 heterocycles. The van der Waals surface area contributed by atoms with Crippen LogP contribution in [0, 0.1) is 0 Å². The molecular weight excluding hydrogens is 237 g/mol. The van der Waals surface area contributed by atoms with Gasteiger partial charge in [0.1, 0.15) is 5.52 Å². The van der Waals surface area contributed by atoms with Crippen molar-refractivity contribution < 1.29 is 4.74 Å². The molecular formula is C9H9Cl2N3O. The number of ether oxygens (including phenoxy) is 1. The van der Waals surface area contributed by atoms with Crippen molar-refractivity contribution in [3.05, 3.63) is 22.7 Å². The maximum absolute atomic E-state index is 5.99. The van der Waals surface area contributed by atoms with Gasteiger partial charge in [0.15, 0.2) is 5.15 Å². The first-order valence-corrected chi connectivity index (χ1v) is 5.15. The minimum atomic E-state index is 0.164. The predicted octanol–water partition coefficient (Wildman–Crippen LogP) is 2.38. The van der Waals surface area contributed by atoms with E-state index in [-0.39, 0.29) is 5.28 Å². The van der Waals surface area contributed by atoms with Crippen LogP contribution in [0.2, 0.25) is 10.4 Å². The van der Waals surface area contributed by atoms with Gasteiger partial charge in [-0.2, -0.15) is 0 Å². The number of hydrogen-bond donors (Lipinski definition) is 0. The number of halogens is 2. The quantitative estimate of drug-likeness (QED) is 0.616. The van der Waals surface area contributed by atoms with E-state index >= 15 is 0 Å². The summed E-state index contributed by atoms with van der Waals surface area (Å²) in [4.78, 5) is 7.97. The predicted molar refractivity (Wildman–Crippen MR) is 59.4 cm³/mol. The zero-order valence-corrected chi connectivity index (χ0v) is 9.59. The van der Waals surface area contributed by atoms with Crippen molar-refractivity contribution in [1.82, 2.24) is 14.5 Å². The van der Waals surface area contributed by atoms with E-state index < -0.39 is 0 Å². The first-order chi connectivity index (χ1) is 7.22. The molecule has 0 aromatic carbocycles. The van der Waals surface area contributed by atoms with Crippen LogP contribution in [0.3, 0.4) is 0 Å². The van der Waals surface area contributed by atoms with Crippen molar-refractivity contribution >= 4 is 34.2 Å². The van der Waals surface area contributed by atoms with Gasteiger partial charge in [-0.1, -0.05) is 11.6 Å². The summed E-state index contributed by atoms with van der Waals surface area (Å²) in [6.07, 6.45) is 1.89. The van der Waals surface area contributed by atoms with E-state index in [1.807, 2.05) is 16.8 Å². The van der Waals surface area contributed by atoms with Crippen LogP contribution in [0.1, 0.15) is 0 Å². The smallest absolute Gasteiger partial charge is 0.224 e. The van der Waals surface area contributed by atoms with Crippen LogP contribution in [0.25, 0.3) is 11.0 Å². The van der Waals surface area contributed by atoms with Gasteiger partial charge < -0.3 is 9.30 Å². The van der Waals surface area contributed by atoms with Gasteiger partial charge in [-0.3, -0.25) is 0 Å². The zero-order chi connectivity index (χ0) is 10.8. The summed E-state index contributed by atoms with van der Waals surface area (Å²) >= 11 is 11.7. The molecule has 80 valence electrons. The second-order valence-corrected chi connectivity index (χ2v) is 3.72. The van der Waals surface area contributed by atoms with E-state index in [4.69, 9.17) is 27.9 Å². The van der Waals surface area contributed by atoms with Crippen molar-refractivity contribution in [3.63, 3.8) is 0 Å². The Morgan fingerprint density at radius 3 is 2.93 bits per heavy atom. The topological polar surface area (TPSA) is 39.9 Å². The molecule has 0 saturated carbocycles. The van der Waals surface area contributed by atoms with Gasteiger partial charge in [-0.05, 0) is 17.7 Å². The Labute approximate surface area is 96.8 Å². The van der Waals surface area contributed by atoms with Crippen LogP contribution >= 0.6 is 23.2 Å². The van der Waals surface area contributed by atoms with E-state index in [0.717, 1.165) is 11.0 Å². The molecule has 0 bridgehead atoms. The Morgan fingerprint density at radius 2 is 2.20 bits per heavy atom. The highest BCUT2D eigenvalue weighted by Gasteiger charge is 2.09. The monoisotopic (exact) mass is 245 g/mol. The second-order valence-electron chi connectivity index (χ2n) is 3.02. The molecule has 0 aliphatic heterocycles. The molecule has 0 aliphatic rings. The fraction of sp³-hybridized carbons (Fsp3) is 0.333. The first kappa shape index (κ1) is 10.7. The number of methoxy groups -OCH3 is 1. The Balaban J connectivity index is 2.49. The van der Waals surface area contributed by atoms with E-state index in [0.29, 0.717) is 18.3 Å². The molecule has 0 fully saturated rings. The number of rotatable bonds is 3. The average molecular weight is 246 g/mol. The van der Waals surface area contributed by atoms with Crippen molar-refractivity contribution in [2.24, 2.45) is 0 Å². The van der Waals surface area contributed by atoms with Crippen LogP contribution in [0.15, 0.2) is 12.3 Å². The van der Waals surface area contributed by atoms with Crippen LogP contribution in [-0.2, 0) is 11.3 Å². The third-order valence-corrected chi connectivity index (χ3v) is 2.51. The molecule has 0 atom stereocenters. The van der Waals surface area contributed by atoms with Gasteiger partial charge in [-0.15, -0.1) is 0 Å². The van der Waals surface area contributed by atoms with Crippen LogP contribution in [-0.4, -0.2) is 28.3 Å². The molecule has 2 rings (SSSR count). The molecule has 0 radical (unpaired) electrons. The van der Waals surface area contributed by atoms with Crippen molar-refractivity contribution in [1.29, 1.82) is 0 Å². The standard InChI is InChI=1S/C9H9Cl2N3O/c1-15-5-4-14-3-2-6-7(14)8(10)13-9(11)12-6/h2-3H,4-5H2,1H3. The molecule has 15 heavy (non-hydrogen) atoms. The zero-order valence-electron chi connectivity index (χ0n) is 8.07. The molecule has 0 saturated heterocycles. The fourth-order valence-electron chi connectivity index (χ4n) is 1.41. The molecule has 0 aliphatic carbocycles. The van der Waals surface area contributed by atoms with Gasteiger partial charge in [0.05, 0.1) is 12.1 Å². The molecule has 2 aromatic heterocycles. The van der Waals surface area contributed by atoms with Gasteiger partial charge in [0.25, 0.3) is 0 Å². The largest absolute Gasteiger partial charge is 0.383 e. The van der Waals surface area contributed by atoms with E-state index in [2.05, 4.69) is 9.97 Å². The van der Waals surface area contributed by atoms with Gasteiger partial charge in [0, 0.05) is 19.9 Å². The normalized spacial score (nSPS) is 11.1. The SMILES string of the molecule is COCCn1ccc2nc(Cl)nc(Cl)c21. The molecule has 0 N–H and O–H groups in total. The fourth-order valence-corrected chi connectivity index (χ4v) is 1.91. The molecule has 4 nitrogen and oxygen atoms in total. The minimum absolute atomic E-state index is 0.164. The molecule has 2 aromatic rings. The highest BCUT2D eigenvalue weighted by molar-refractivity contribution is 6.35. The summed E-state index contributed by atoms with van der Waals surface area (Å²) in [5.41, 5.74) is 1.54. The van der Waals surface area contributed by atoms with Gasteiger partial charge in [-0.25, -0.2) is 9.97 Å². The number of aromatic nitrogens is 3. The average Bonchev–Trinajstić information content (AvgIpc) is 2.58. The summed E-state index contributed by atoms with van der Waals surface area (Å²) in [6, 6.07) is 1.85. The lowest BCUT2D eigenvalue weighted by molar-refractivity contribution is 0.188. The van der Waals surface area contributed by atoms with E-state index in [1.165, 1.54) is 0 Å². The molecule has 6 heteroatoms. The molecule has 0 unspecified atom stereocenters. The Hall–Kier alpha value is -0.840. The van der Waals surface area contributed by atoms with E-state index in [1.54, 1.807) is 7.11 Å². The summed E-state index contributed by atoms with van der Waals surface area (Å²) in [7, 11) is 1.65. The maximum atomic E-state index is 5.99. The molecule has 0 spiro atoms. The Kier molecular flexibility index (Phi) is 3.09. The minimum Gasteiger partial charge on any atom is -0.383 e. The lowest BCUT2D eigenvalue weighted by Gasteiger charge is -2.04. The van der Waals surface area contributed by atoms with Crippen LogP contribution in [0.5, 0.6) is 0 Å². The Bertz CT molecular complexity index is 483. The molecule has 0 amide bonds. The highest BCUT2D eigenvalue weighted by atomic mass is 35.5. The van der Waals surface area contributed by atoms with Crippen LogP contribution < -0.4 is 0 Å². The third kappa shape index (κ3) is 2.07. The van der Waals surface area contributed by atoms with Crippen molar-refractivity contribution in [3.8, 4) is 0 Å².